The lowest BCUT2D eigenvalue weighted by molar-refractivity contribution is 0.664. The first-order chi connectivity index (χ1) is 9.15. The molecule has 2 aromatic heterocycles. The Balaban J connectivity index is 2.04. The van der Waals surface area contributed by atoms with Gasteiger partial charge in [-0.15, -0.1) is 5.10 Å². The van der Waals surface area contributed by atoms with E-state index in [9.17, 15) is 0 Å². The van der Waals surface area contributed by atoms with Crippen molar-refractivity contribution in [2.45, 2.75) is 29.4 Å². The molecule has 0 aliphatic heterocycles. The maximum atomic E-state index is 7.69. The van der Waals surface area contributed by atoms with E-state index in [1.165, 1.54) is 17.3 Å². The highest BCUT2D eigenvalue weighted by molar-refractivity contribution is 7.99. The van der Waals surface area contributed by atoms with Gasteiger partial charge in [0.05, 0.1) is 0 Å². The Hall–Kier alpha value is -1.96. The Bertz CT molecular complexity index is 648. The van der Waals surface area contributed by atoms with Gasteiger partial charge in [-0.2, -0.15) is 0 Å². The molecule has 0 unspecified atom stereocenters. The Labute approximate surface area is 114 Å². The average molecular weight is 275 g/mol. The number of hydrogen-bond acceptors (Lipinski definition) is 6. The third-order valence-electron chi connectivity index (χ3n) is 3.08. The molecule has 3 rings (SSSR count). The summed E-state index contributed by atoms with van der Waals surface area (Å²) in [5, 5.41) is 20.3. The molecule has 0 radical (unpaired) electrons. The van der Waals surface area contributed by atoms with Crippen LogP contribution in [0, 0.1) is 5.41 Å². The van der Waals surface area contributed by atoms with Crippen molar-refractivity contribution in [2.24, 2.45) is 12.8 Å². The van der Waals surface area contributed by atoms with Crippen LogP contribution in [0.3, 0.4) is 0 Å². The van der Waals surface area contributed by atoms with Crippen LogP contribution in [-0.2, 0) is 19.9 Å². The Kier molecular flexibility index (Phi) is 2.94. The van der Waals surface area contributed by atoms with Gasteiger partial charge in [-0.1, -0.05) is 0 Å². The highest BCUT2D eigenvalue weighted by atomic mass is 32.2. The number of hydrogen-bond donors (Lipinski definition) is 2. The highest BCUT2D eigenvalue weighted by Gasteiger charge is 2.19. The molecule has 0 bridgehead atoms. The third-order valence-corrected chi connectivity index (χ3v) is 4.11. The molecule has 2 heterocycles. The van der Waals surface area contributed by atoms with Gasteiger partial charge in [0.25, 0.3) is 0 Å². The summed E-state index contributed by atoms with van der Waals surface area (Å²) in [4.78, 5) is 4.62. The van der Waals surface area contributed by atoms with Crippen LogP contribution in [-0.4, -0.2) is 31.0 Å². The zero-order valence-corrected chi connectivity index (χ0v) is 11.2. The van der Waals surface area contributed by atoms with E-state index in [0.717, 1.165) is 25.0 Å². The minimum atomic E-state index is 0.0276. The molecular weight excluding hydrogens is 262 g/mol. The Morgan fingerprint density at radius 1 is 1.47 bits per heavy atom. The number of aryl methyl sites for hydroxylation is 3. The van der Waals surface area contributed by atoms with Crippen LogP contribution in [0.5, 0.6) is 0 Å². The van der Waals surface area contributed by atoms with Gasteiger partial charge in [-0.05, 0) is 53.1 Å². The molecule has 0 saturated heterocycles. The number of aromatic nitrogens is 5. The fourth-order valence-electron chi connectivity index (χ4n) is 2.12. The second kappa shape index (κ2) is 4.61. The van der Waals surface area contributed by atoms with Gasteiger partial charge in [-0.3, -0.25) is 5.41 Å². The predicted molar refractivity (Wildman–Crippen MR) is 70.2 cm³/mol. The van der Waals surface area contributed by atoms with Gasteiger partial charge in [0, 0.05) is 18.3 Å². The molecule has 98 valence electrons. The van der Waals surface area contributed by atoms with Crippen molar-refractivity contribution in [2.75, 3.05) is 0 Å². The molecule has 19 heavy (non-hydrogen) atoms. The summed E-state index contributed by atoms with van der Waals surface area (Å²) in [5.41, 5.74) is 8.61. The van der Waals surface area contributed by atoms with Crippen molar-refractivity contribution < 1.29 is 0 Å². The lowest BCUT2D eigenvalue weighted by Crippen LogP contribution is -2.14. The zero-order chi connectivity index (χ0) is 13.4. The van der Waals surface area contributed by atoms with Crippen LogP contribution in [0.25, 0.3) is 0 Å². The second-order valence-electron chi connectivity index (χ2n) is 4.40. The number of amidine groups is 1. The average Bonchev–Trinajstić information content (AvgIpc) is 2.97. The second-order valence-corrected chi connectivity index (χ2v) is 5.36. The van der Waals surface area contributed by atoms with E-state index < -0.39 is 0 Å². The number of fused-ring (bicyclic) bond motifs is 1. The number of tetrazole rings is 1. The molecule has 1 aliphatic carbocycles. The summed E-state index contributed by atoms with van der Waals surface area (Å²) >= 11 is 1.34. The van der Waals surface area contributed by atoms with Crippen LogP contribution in [0.2, 0.25) is 0 Å². The molecule has 0 atom stereocenters. The van der Waals surface area contributed by atoms with Crippen LogP contribution in [0.4, 0.5) is 0 Å². The van der Waals surface area contributed by atoms with E-state index in [0.29, 0.717) is 15.7 Å². The lowest BCUT2D eigenvalue weighted by Gasteiger charge is -2.09. The van der Waals surface area contributed by atoms with E-state index in [4.69, 9.17) is 11.1 Å². The standard InChI is InChI=1S/C11H13N7S/c1-18-11(15-16-17-18)19-10-7(9(12)13)5-6-3-2-4-8(6)14-10/h5H,2-4H2,1H3,(H3,12,13). The summed E-state index contributed by atoms with van der Waals surface area (Å²) in [6, 6.07) is 1.98. The normalized spacial score (nSPS) is 13.5. The first-order valence-electron chi connectivity index (χ1n) is 5.92. The van der Waals surface area contributed by atoms with Crippen LogP contribution >= 0.6 is 11.8 Å². The molecule has 3 N–H and O–H groups in total. The van der Waals surface area contributed by atoms with E-state index in [1.807, 2.05) is 6.07 Å². The lowest BCUT2D eigenvalue weighted by atomic mass is 10.1. The first kappa shape index (κ1) is 12.1. The van der Waals surface area contributed by atoms with E-state index in [-0.39, 0.29) is 5.84 Å². The smallest absolute Gasteiger partial charge is 0.215 e. The highest BCUT2D eigenvalue weighted by Crippen LogP contribution is 2.30. The van der Waals surface area contributed by atoms with Crippen molar-refractivity contribution in [3.63, 3.8) is 0 Å². The van der Waals surface area contributed by atoms with E-state index in [2.05, 4.69) is 20.5 Å². The maximum absolute atomic E-state index is 7.69. The van der Waals surface area contributed by atoms with Gasteiger partial charge < -0.3 is 5.73 Å². The number of nitrogen functional groups attached to an aromatic ring is 1. The predicted octanol–water partition coefficient (Wildman–Crippen LogP) is 0.529. The van der Waals surface area contributed by atoms with Crippen molar-refractivity contribution in [1.82, 2.24) is 25.2 Å². The number of rotatable bonds is 3. The molecule has 7 nitrogen and oxygen atoms in total. The number of pyridine rings is 1. The molecule has 0 spiro atoms. The molecule has 0 aromatic carbocycles. The minimum absolute atomic E-state index is 0.0276. The quantitative estimate of drug-likeness (QED) is 0.625. The first-order valence-corrected chi connectivity index (χ1v) is 6.74. The van der Waals surface area contributed by atoms with Crippen LogP contribution in [0.1, 0.15) is 23.2 Å². The third kappa shape index (κ3) is 2.19. The minimum Gasteiger partial charge on any atom is -0.384 e. The van der Waals surface area contributed by atoms with Gasteiger partial charge in [0.1, 0.15) is 10.9 Å². The van der Waals surface area contributed by atoms with E-state index in [1.54, 1.807) is 11.7 Å². The monoisotopic (exact) mass is 275 g/mol. The summed E-state index contributed by atoms with van der Waals surface area (Å²) in [7, 11) is 1.77. The molecule has 0 fully saturated rings. The summed E-state index contributed by atoms with van der Waals surface area (Å²) in [5.74, 6) is 0.0276. The SMILES string of the molecule is Cn1nnnc1Sc1nc2c(cc1C(=N)N)CCC2. The van der Waals surface area contributed by atoms with Crippen molar-refractivity contribution in [3.8, 4) is 0 Å². The number of nitrogens with zero attached hydrogens (tertiary/aromatic N) is 5. The van der Waals surface area contributed by atoms with E-state index >= 15 is 0 Å². The van der Waals surface area contributed by atoms with Gasteiger partial charge in [-0.25, -0.2) is 9.67 Å². The Morgan fingerprint density at radius 3 is 3.00 bits per heavy atom. The maximum Gasteiger partial charge on any atom is 0.215 e. The van der Waals surface area contributed by atoms with Gasteiger partial charge in [0.2, 0.25) is 5.16 Å². The van der Waals surface area contributed by atoms with Crippen LogP contribution < -0.4 is 5.73 Å². The molecule has 0 amide bonds. The van der Waals surface area contributed by atoms with Gasteiger partial charge >= 0.3 is 0 Å². The van der Waals surface area contributed by atoms with Crippen molar-refractivity contribution >= 4 is 17.6 Å². The summed E-state index contributed by atoms with van der Waals surface area (Å²) < 4.78 is 1.57. The topological polar surface area (TPSA) is 106 Å². The fourth-order valence-corrected chi connectivity index (χ4v) is 2.97. The molecule has 8 heteroatoms. The molecular formula is C11H13N7S. The number of nitrogens with one attached hydrogen (secondary N) is 1. The summed E-state index contributed by atoms with van der Waals surface area (Å²) in [6.07, 6.45) is 3.11. The van der Waals surface area contributed by atoms with Crippen molar-refractivity contribution in [3.05, 3.63) is 22.9 Å². The van der Waals surface area contributed by atoms with Gasteiger partial charge in [0.15, 0.2) is 0 Å². The van der Waals surface area contributed by atoms with Crippen LogP contribution in [0.15, 0.2) is 16.2 Å². The summed E-state index contributed by atoms with van der Waals surface area (Å²) in [6.45, 7) is 0. The van der Waals surface area contributed by atoms with Crippen molar-refractivity contribution in [1.29, 1.82) is 5.41 Å². The largest absolute Gasteiger partial charge is 0.384 e. The molecule has 1 aliphatic rings. The zero-order valence-electron chi connectivity index (χ0n) is 10.4. The molecule has 2 aromatic rings. The molecule has 0 saturated carbocycles. The number of nitrogens with two attached hydrogens (primary N) is 1. The fraction of sp³-hybridized carbons (Fsp3) is 0.364. The Morgan fingerprint density at radius 2 is 2.32 bits per heavy atom.